The van der Waals surface area contributed by atoms with Gasteiger partial charge in [0.25, 0.3) is 0 Å². The molecule has 4 nitrogen and oxygen atoms in total. The molecule has 3 N–H and O–H groups in total. The van der Waals surface area contributed by atoms with Gasteiger partial charge in [0.2, 0.25) is 0 Å². The van der Waals surface area contributed by atoms with Gasteiger partial charge in [-0.05, 0) is 13.0 Å². The number of benzene rings is 1. The van der Waals surface area contributed by atoms with Crippen LogP contribution in [-0.2, 0) is 0 Å². The van der Waals surface area contributed by atoms with Crippen molar-refractivity contribution in [3.63, 3.8) is 0 Å². The van der Waals surface area contributed by atoms with Crippen molar-refractivity contribution in [2.75, 3.05) is 7.11 Å². The van der Waals surface area contributed by atoms with E-state index in [1.54, 1.807) is 12.1 Å². The normalized spacial score (nSPS) is 12.4. The van der Waals surface area contributed by atoms with E-state index in [0.717, 1.165) is 5.01 Å². The SMILES string of the molecule is COc1ccc(C(NN)c2csc(C)n2)c(F)c1. The molecule has 1 aromatic carbocycles. The number of ether oxygens (including phenoxy) is 1. The number of aryl methyl sites for hydroxylation is 1. The third kappa shape index (κ3) is 2.50. The fraction of sp³-hybridized carbons (Fsp3) is 0.250. The molecule has 0 amide bonds. The molecular formula is C12H14FN3OS. The van der Waals surface area contributed by atoms with Crippen LogP contribution in [0.4, 0.5) is 4.39 Å². The Morgan fingerprint density at radius 3 is 2.78 bits per heavy atom. The number of rotatable bonds is 4. The Morgan fingerprint density at radius 2 is 2.28 bits per heavy atom. The molecule has 0 aliphatic heterocycles. The Balaban J connectivity index is 2.39. The summed E-state index contributed by atoms with van der Waals surface area (Å²) in [4.78, 5) is 4.32. The quantitative estimate of drug-likeness (QED) is 0.658. The topological polar surface area (TPSA) is 60.2 Å². The molecule has 18 heavy (non-hydrogen) atoms. The molecule has 0 aliphatic carbocycles. The second-order valence-corrected chi connectivity index (χ2v) is 4.84. The standard InChI is InChI=1S/C12H14FN3OS/c1-7-15-11(6-18-7)12(16-14)9-4-3-8(17-2)5-10(9)13/h3-6,12,16H,14H2,1-2H3. The molecule has 0 radical (unpaired) electrons. The van der Waals surface area contributed by atoms with E-state index in [-0.39, 0.29) is 5.82 Å². The third-order valence-corrected chi connectivity index (χ3v) is 3.41. The van der Waals surface area contributed by atoms with Crippen LogP contribution in [0.25, 0.3) is 0 Å². The number of nitrogens with one attached hydrogen (secondary N) is 1. The van der Waals surface area contributed by atoms with Crippen LogP contribution in [0.15, 0.2) is 23.6 Å². The van der Waals surface area contributed by atoms with E-state index < -0.39 is 6.04 Å². The zero-order chi connectivity index (χ0) is 13.1. The molecular weight excluding hydrogens is 253 g/mol. The Labute approximate surface area is 109 Å². The monoisotopic (exact) mass is 267 g/mol. The Hall–Kier alpha value is -1.50. The van der Waals surface area contributed by atoms with Gasteiger partial charge in [-0.3, -0.25) is 5.84 Å². The first-order valence-electron chi connectivity index (χ1n) is 5.37. The second kappa shape index (κ2) is 5.43. The first-order chi connectivity index (χ1) is 8.65. The summed E-state index contributed by atoms with van der Waals surface area (Å²) in [5.41, 5.74) is 3.75. The summed E-state index contributed by atoms with van der Waals surface area (Å²) in [6.45, 7) is 1.89. The number of thiazole rings is 1. The van der Waals surface area contributed by atoms with Crippen molar-refractivity contribution >= 4 is 11.3 Å². The van der Waals surface area contributed by atoms with Crippen LogP contribution in [0.2, 0.25) is 0 Å². The van der Waals surface area contributed by atoms with Gasteiger partial charge in [-0.15, -0.1) is 11.3 Å². The molecule has 1 atom stereocenters. The van der Waals surface area contributed by atoms with Crippen LogP contribution < -0.4 is 16.0 Å². The third-order valence-electron chi connectivity index (χ3n) is 2.62. The van der Waals surface area contributed by atoms with Crippen molar-refractivity contribution in [2.45, 2.75) is 13.0 Å². The smallest absolute Gasteiger partial charge is 0.132 e. The van der Waals surface area contributed by atoms with Crippen LogP contribution in [0.5, 0.6) is 5.75 Å². The van der Waals surface area contributed by atoms with Gasteiger partial charge in [0.1, 0.15) is 11.6 Å². The number of nitrogens with two attached hydrogens (primary N) is 1. The number of hydrogen-bond donors (Lipinski definition) is 2. The van der Waals surface area contributed by atoms with E-state index in [2.05, 4.69) is 10.4 Å². The summed E-state index contributed by atoms with van der Waals surface area (Å²) < 4.78 is 18.9. The molecule has 2 rings (SSSR count). The summed E-state index contributed by atoms with van der Waals surface area (Å²) in [7, 11) is 1.50. The lowest BCUT2D eigenvalue weighted by Gasteiger charge is -2.15. The Kier molecular flexibility index (Phi) is 3.90. The first kappa shape index (κ1) is 12.9. The Morgan fingerprint density at radius 1 is 1.50 bits per heavy atom. The van der Waals surface area contributed by atoms with Gasteiger partial charge < -0.3 is 4.74 Å². The van der Waals surface area contributed by atoms with Gasteiger partial charge in [0.15, 0.2) is 0 Å². The average molecular weight is 267 g/mol. The summed E-state index contributed by atoms with van der Waals surface area (Å²) in [5.74, 6) is 5.60. The highest BCUT2D eigenvalue weighted by Gasteiger charge is 2.19. The predicted molar refractivity (Wildman–Crippen MR) is 69.0 cm³/mol. The van der Waals surface area contributed by atoms with Gasteiger partial charge in [0.05, 0.1) is 23.9 Å². The molecule has 1 unspecified atom stereocenters. The number of methoxy groups -OCH3 is 1. The highest BCUT2D eigenvalue weighted by Crippen LogP contribution is 2.27. The van der Waals surface area contributed by atoms with Crippen molar-refractivity contribution in [3.05, 3.63) is 45.7 Å². The molecule has 2 aromatic rings. The number of halogens is 1. The maximum absolute atomic E-state index is 14.0. The lowest BCUT2D eigenvalue weighted by molar-refractivity contribution is 0.410. The molecule has 0 fully saturated rings. The van der Waals surface area contributed by atoms with E-state index in [9.17, 15) is 4.39 Å². The van der Waals surface area contributed by atoms with Gasteiger partial charge in [-0.25, -0.2) is 14.8 Å². The van der Waals surface area contributed by atoms with Gasteiger partial charge in [0, 0.05) is 17.0 Å². The highest BCUT2D eigenvalue weighted by molar-refractivity contribution is 7.09. The maximum Gasteiger partial charge on any atom is 0.132 e. The van der Waals surface area contributed by atoms with Crippen LogP contribution in [0.1, 0.15) is 22.3 Å². The average Bonchev–Trinajstić information content (AvgIpc) is 2.78. The zero-order valence-electron chi connectivity index (χ0n) is 10.1. The molecule has 0 saturated heterocycles. The number of hydrazine groups is 1. The van der Waals surface area contributed by atoms with Gasteiger partial charge in [-0.2, -0.15) is 0 Å². The predicted octanol–water partition coefficient (Wildman–Crippen LogP) is 2.15. The van der Waals surface area contributed by atoms with E-state index in [1.165, 1.54) is 24.5 Å². The minimum Gasteiger partial charge on any atom is -0.497 e. The summed E-state index contributed by atoms with van der Waals surface area (Å²) >= 11 is 1.50. The number of nitrogens with zero attached hydrogens (tertiary/aromatic N) is 1. The van der Waals surface area contributed by atoms with Crippen molar-refractivity contribution in [2.24, 2.45) is 5.84 Å². The van der Waals surface area contributed by atoms with Crippen molar-refractivity contribution < 1.29 is 9.13 Å². The summed E-state index contributed by atoms with van der Waals surface area (Å²) in [5, 5.41) is 2.78. The molecule has 96 valence electrons. The molecule has 6 heteroatoms. The molecule has 0 bridgehead atoms. The lowest BCUT2D eigenvalue weighted by atomic mass is 10.0. The highest BCUT2D eigenvalue weighted by atomic mass is 32.1. The van der Waals surface area contributed by atoms with Crippen LogP contribution >= 0.6 is 11.3 Å². The van der Waals surface area contributed by atoms with Crippen LogP contribution in [-0.4, -0.2) is 12.1 Å². The van der Waals surface area contributed by atoms with Crippen molar-refractivity contribution in [1.29, 1.82) is 0 Å². The largest absolute Gasteiger partial charge is 0.497 e. The minimum absolute atomic E-state index is 0.372. The Bertz CT molecular complexity index is 544. The molecule has 0 spiro atoms. The fourth-order valence-electron chi connectivity index (χ4n) is 1.72. The van der Waals surface area contributed by atoms with E-state index in [1.807, 2.05) is 12.3 Å². The van der Waals surface area contributed by atoms with Gasteiger partial charge >= 0.3 is 0 Å². The van der Waals surface area contributed by atoms with Crippen molar-refractivity contribution in [3.8, 4) is 5.75 Å². The first-order valence-corrected chi connectivity index (χ1v) is 6.25. The van der Waals surface area contributed by atoms with Crippen molar-refractivity contribution in [1.82, 2.24) is 10.4 Å². The molecule has 0 saturated carbocycles. The zero-order valence-corrected chi connectivity index (χ0v) is 10.9. The van der Waals surface area contributed by atoms with Crippen LogP contribution in [0, 0.1) is 12.7 Å². The second-order valence-electron chi connectivity index (χ2n) is 3.78. The number of hydrogen-bond acceptors (Lipinski definition) is 5. The minimum atomic E-state index is -0.458. The van der Waals surface area contributed by atoms with E-state index in [4.69, 9.17) is 10.6 Å². The molecule has 0 aliphatic rings. The molecule has 1 heterocycles. The van der Waals surface area contributed by atoms with E-state index >= 15 is 0 Å². The number of aromatic nitrogens is 1. The summed E-state index contributed by atoms with van der Waals surface area (Å²) in [6, 6.07) is 4.22. The van der Waals surface area contributed by atoms with Crippen LogP contribution in [0.3, 0.4) is 0 Å². The van der Waals surface area contributed by atoms with Gasteiger partial charge in [-0.1, -0.05) is 6.07 Å². The maximum atomic E-state index is 14.0. The fourth-order valence-corrected chi connectivity index (χ4v) is 2.35. The molecule has 1 aromatic heterocycles. The lowest BCUT2D eigenvalue weighted by Crippen LogP contribution is -2.29. The van der Waals surface area contributed by atoms with E-state index in [0.29, 0.717) is 17.0 Å². The summed E-state index contributed by atoms with van der Waals surface area (Å²) in [6.07, 6.45) is 0.